The van der Waals surface area contributed by atoms with Crippen molar-refractivity contribution >= 4 is 17.2 Å². The molecular weight excluding hydrogens is 312 g/mol. The average molecular weight is 328 g/mol. The summed E-state index contributed by atoms with van der Waals surface area (Å²) in [7, 11) is 0. The van der Waals surface area contributed by atoms with Gasteiger partial charge in [-0.25, -0.2) is 9.97 Å². The molecular formula is C16H16N4O2S. The van der Waals surface area contributed by atoms with Crippen molar-refractivity contribution in [1.29, 1.82) is 0 Å². The maximum Gasteiger partial charge on any atom is 0.251 e. The van der Waals surface area contributed by atoms with Gasteiger partial charge in [0.05, 0.1) is 6.54 Å². The maximum atomic E-state index is 12.3. The third kappa shape index (κ3) is 3.46. The number of pyridine rings is 1. The van der Waals surface area contributed by atoms with Crippen molar-refractivity contribution < 1.29 is 9.90 Å². The van der Waals surface area contributed by atoms with Crippen LogP contribution in [-0.2, 0) is 5.60 Å². The van der Waals surface area contributed by atoms with E-state index in [1.165, 1.54) is 11.3 Å². The van der Waals surface area contributed by atoms with E-state index in [1.807, 2.05) is 16.8 Å². The first kappa shape index (κ1) is 15.4. The van der Waals surface area contributed by atoms with Crippen molar-refractivity contribution in [2.75, 3.05) is 6.54 Å². The van der Waals surface area contributed by atoms with Gasteiger partial charge in [-0.2, -0.15) is 11.3 Å². The lowest BCUT2D eigenvalue weighted by Crippen LogP contribution is -2.38. The first-order chi connectivity index (χ1) is 11.1. The Morgan fingerprint density at radius 3 is 3.00 bits per heavy atom. The van der Waals surface area contributed by atoms with Crippen LogP contribution in [0, 0.1) is 0 Å². The van der Waals surface area contributed by atoms with Gasteiger partial charge in [0.15, 0.2) is 0 Å². The number of hydrogen-bond acceptors (Lipinski definition) is 5. The minimum Gasteiger partial charge on any atom is -0.384 e. The van der Waals surface area contributed by atoms with Crippen LogP contribution in [-0.4, -0.2) is 32.1 Å². The molecule has 3 heterocycles. The van der Waals surface area contributed by atoms with Crippen molar-refractivity contribution in [3.8, 4) is 5.82 Å². The predicted octanol–water partition coefficient (Wildman–Crippen LogP) is 1.97. The molecule has 0 saturated heterocycles. The molecule has 0 aliphatic carbocycles. The quantitative estimate of drug-likeness (QED) is 0.750. The van der Waals surface area contributed by atoms with Crippen LogP contribution >= 0.6 is 11.3 Å². The highest BCUT2D eigenvalue weighted by Crippen LogP contribution is 2.22. The average Bonchev–Trinajstić information content (AvgIpc) is 3.25. The summed E-state index contributed by atoms with van der Waals surface area (Å²) in [4.78, 5) is 20.5. The molecule has 3 aromatic rings. The summed E-state index contributed by atoms with van der Waals surface area (Å²) in [6, 6.07) is 5.16. The van der Waals surface area contributed by atoms with Crippen LogP contribution < -0.4 is 5.32 Å². The molecule has 0 spiro atoms. The molecule has 0 aliphatic heterocycles. The molecule has 118 valence electrons. The predicted molar refractivity (Wildman–Crippen MR) is 87.6 cm³/mol. The first-order valence-corrected chi connectivity index (χ1v) is 7.98. The molecule has 6 nitrogen and oxygen atoms in total. The number of imidazole rings is 1. The van der Waals surface area contributed by atoms with Gasteiger partial charge in [0.1, 0.15) is 17.7 Å². The van der Waals surface area contributed by atoms with E-state index >= 15 is 0 Å². The summed E-state index contributed by atoms with van der Waals surface area (Å²) >= 11 is 1.51. The summed E-state index contributed by atoms with van der Waals surface area (Å²) in [5, 5.41) is 17.0. The Morgan fingerprint density at radius 2 is 2.30 bits per heavy atom. The third-order valence-corrected chi connectivity index (χ3v) is 4.20. The van der Waals surface area contributed by atoms with Gasteiger partial charge < -0.3 is 10.4 Å². The lowest BCUT2D eigenvalue weighted by molar-refractivity contribution is 0.0530. The van der Waals surface area contributed by atoms with Crippen molar-refractivity contribution in [1.82, 2.24) is 19.9 Å². The van der Waals surface area contributed by atoms with Crippen molar-refractivity contribution in [3.05, 3.63) is 65.0 Å². The number of thiophene rings is 1. The Hall–Kier alpha value is -2.51. The number of aliphatic hydroxyl groups is 1. The number of carbonyl (C=O) groups excluding carboxylic acids is 1. The maximum absolute atomic E-state index is 12.3. The molecule has 3 rings (SSSR count). The molecule has 0 aliphatic rings. The van der Waals surface area contributed by atoms with Gasteiger partial charge in [-0.3, -0.25) is 9.36 Å². The third-order valence-electron chi connectivity index (χ3n) is 3.51. The van der Waals surface area contributed by atoms with Crippen LogP contribution in [0.4, 0.5) is 0 Å². The Kier molecular flexibility index (Phi) is 4.22. The zero-order chi connectivity index (χ0) is 16.3. The lowest BCUT2D eigenvalue weighted by atomic mass is 9.99. The minimum atomic E-state index is -1.10. The number of carbonyl (C=O) groups is 1. The molecule has 1 unspecified atom stereocenters. The van der Waals surface area contributed by atoms with Crippen molar-refractivity contribution in [2.24, 2.45) is 0 Å². The fourth-order valence-electron chi connectivity index (χ4n) is 2.12. The van der Waals surface area contributed by atoms with Crippen LogP contribution in [0.3, 0.4) is 0 Å². The summed E-state index contributed by atoms with van der Waals surface area (Å²) in [5.41, 5.74) is 0.164. The van der Waals surface area contributed by atoms with Crippen LogP contribution in [0.25, 0.3) is 5.82 Å². The summed E-state index contributed by atoms with van der Waals surface area (Å²) in [5.74, 6) is 0.351. The molecule has 0 fully saturated rings. The normalized spacial score (nSPS) is 13.5. The number of hydrogen-bond donors (Lipinski definition) is 2. The largest absolute Gasteiger partial charge is 0.384 e. The van der Waals surface area contributed by atoms with E-state index < -0.39 is 5.60 Å². The van der Waals surface area contributed by atoms with Crippen molar-refractivity contribution in [3.63, 3.8) is 0 Å². The highest BCUT2D eigenvalue weighted by Gasteiger charge is 2.24. The van der Waals surface area contributed by atoms with Gasteiger partial charge in [-0.1, -0.05) is 0 Å². The van der Waals surface area contributed by atoms with Gasteiger partial charge in [-0.15, -0.1) is 0 Å². The van der Waals surface area contributed by atoms with Gasteiger partial charge >= 0.3 is 0 Å². The van der Waals surface area contributed by atoms with Crippen LogP contribution in [0.15, 0.2) is 53.9 Å². The van der Waals surface area contributed by atoms with E-state index in [9.17, 15) is 9.90 Å². The number of nitrogens with zero attached hydrogens (tertiary/aromatic N) is 3. The summed E-state index contributed by atoms with van der Waals surface area (Å²) in [6.07, 6.45) is 6.59. The summed E-state index contributed by atoms with van der Waals surface area (Å²) in [6.45, 7) is 1.81. The number of amides is 1. The molecule has 0 aromatic carbocycles. The second-order valence-electron chi connectivity index (χ2n) is 5.34. The van der Waals surface area contributed by atoms with E-state index in [1.54, 1.807) is 48.5 Å². The fraction of sp³-hybridized carbons (Fsp3) is 0.188. The minimum absolute atomic E-state index is 0.130. The number of aromatic nitrogens is 3. The first-order valence-electron chi connectivity index (χ1n) is 7.04. The van der Waals surface area contributed by atoms with Crippen molar-refractivity contribution in [2.45, 2.75) is 12.5 Å². The smallest absolute Gasteiger partial charge is 0.251 e. The number of rotatable bonds is 5. The Labute approximate surface area is 137 Å². The molecule has 2 N–H and O–H groups in total. The zero-order valence-corrected chi connectivity index (χ0v) is 13.3. The Morgan fingerprint density at radius 1 is 1.43 bits per heavy atom. The standard InChI is InChI=1S/C16H16N4O2S/c1-16(22,13-3-7-23-9-13)10-19-15(21)12-2-4-18-14(8-12)20-6-5-17-11-20/h2-9,11,22H,10H2,1H3,(H,19,21). The van der Waals surface area contributed by atoms with Gasteiger partial charge in [0.2, 0.25) is 0 Å². The number of nitrogens with one attached hydrogen (secondary N) is 1. The summed E-state index contributed by atoms with van der Waals surface area (Å²) < 4.78 is 1.72. The molecule has 0 bridgehead atoms. The lowest BCUT2D eigenvalue weighted by Gasteiger charge is -2.22. The highest BCUT2D eigenvalue weighted by atomic mass is 32.1. The van der Waals surface area contributed by atoms with E-state index in [0.29, 0.717) is 11.4 Å². The second kappa shape index (κ2) is 6.31. The van der Waals surface area contributed by atoms with Gasteiger partial charge in [0.25, 0.3) is 5.91 Å². The topological polar surface area (TPSA) is 80.0 Å². The van der Waals surface area contributed by atoms with E-state index in [0.717, 1.165) is 5.56 Å². The van der Waals surface area contributed by atoms with E-state index in [-0.39, 0.29) is 12.5 Å². The van der Waals surface area contributed by atoms with E-state index in [4.69, 9.17) is 0 Å². The van der Waals surface area contributed by atoms with Gasteiger partial charge in [-0.05, 0) is 41.4 Å². The zero-order valence-electron chi connectivity index (χ0n) is 12.5. The van der Waals surface area contributed by atoms with Gasteiger partial charge in [0, 0.05) is 24.2 Å². The molecule has 0 radical (unpaired) electrons. The second-order valence-corrected chi connectivity index (χ2v) is 6.12. The molecule has 1 atom stereocenters. The van der Waals surface area contributed by atoms with Crippen LogP contribution in [0.2, 0.25) is 0 Å². The Bertz CT molecular complexity index is 782. The molecule has 23 heavy (non-hydrogen) atoms. The van der Waals surface area contributed by atoms with Crippen LogP contribution in [0.5, 0.6) is 0 Å². The molecule has 7 heteroatoms. The molecule has 0 saturated carbocycles. The highest BCUT2D eigenvalue weighted by molar-refractivity contribution is 7.08. The monoisotopic (exact) mass is 328 g/mol. The van der Waals surface area contributed by atoms with Crippen LogP contribution in [0.1, 0.15) is 22.8 Å². The molecule has 1 amide bonds. The Balaban J connectivity index is 1.70. The van der Waals surface area contributed by atoms with E-state index in [2.05, 4.69) is 15.3 Å². The molecule has 3 aromatic heterocycles. The SMILES string of the molecule is CC(O)(CNC(=O)c1ccnc(-n2ccnc2)c1)c1ccsc1. The fourth-order valence-corrected chi connectivity index (χ4v) is 2.91.